The van der Waals surface area contributed by atoms with Crippen molar-refractivity contribution in [3.8, 4) is 0 Å². The maximum atomic E-state index is 13.1. The third-order valence-electron chi connectivity index (χ3n) is 2.87. The molecule has 0 fully saturated rings. The van der Waals surface area contributed by atoms with E-state index in [9.17, 15) is 8.78 Å². The number of nitrogens with zero attached hydrogens (tertiary/aromatic N) is 1. The van der Waals surface area contributed by atoms with Gasteiger partial charge in [0, 0.05) is 10.6 Å². The van der Waals surface area contributed by atoms with Gasteiger partial charge in [-0.15, -0.1) is 0 Å². The first-order chi connectivity index (χ1) is 9.47. The number of hydrazone groups is 1. The highest BCUT2D eigenvalue weighted by Gasteiger charge is 2.05. The Morgan fingerprint density at radius 2 is 1.85 bits per heavy atom. The fraction of sp³-hybridized carbons (Fsp3) is 0.133. The highest BCUT2D eigenvalue weighted by molar-refractivity contribution is 6.30. The Morgan fingerprint density at radius 1 is 1.10 bits per heavy atom. The Balaban J connectivity index is 2.20. The molecule has 2 aromatic rings. The monoisotopic (exact) mass is 294 g/mol. The van der Waals surface area contributed by atoms with Crippen LogP contribution in [0.15, 0.2) is 41.5 Å². The predicted molar refractivity (Wildman–Crippen MR) is 78.4 cm³/mol. The number of nitrogens with one attached hydrogen (secondary N) is 1. The zero-order valence-electron chi connectivity index (χ0n) is 11.0. The summed E-state index contributed by atoms with van der Waals surface area (Å²) in [7, 11) is 0. The fourth-order valence-corrected chi connectivity index (χ4v) is 1.91. The molecule has 0 unspecified atom stereocenters. The summed E-state index contributed by atoms with van der Waals surface area (Å²) < 4.78 is 26.0. The van der Waals surface area contributed by atoms with E-state index < -0.39 is 11.6 Å². The Hall–Kier alpha value is -1.94. The van der Waals surface area contributed by atoms with Crippen molar-refractivity contribution >= 4 is 23.0 Å². The van der Waals surface area contributed by atoms with Crippen molar-refractivity contribution in [3.05, 3.63) is 64.2 Å². The standard InChI is InChI=1S/C15H13ClF2N2/c1-9-7-12(16)4-6-15(9)20-19-10(2)11-3-5-13(17)14(18)8-11/h3-8,20H,1-2H3/b19-10+. The summed E-state index contributed by atoms with van der Waals surface area (Å²) in [5.41, 5.74) is 5.70. The van der Waals surface area contributed by atoms with Crippen molar-refractivity contribution in [2.75, 3.05) is 5.43 Å². The number of benzene rings is 2. The molecule has 0 aliphatic carbocycles. The first-order valence-electron chi connectivity index (χ1n) is 5.99. The average Bonchev–Trinajstić information content (AvgIpc) is 2.40. The second kappa shape index (κ2) is 6.01. The van der Waals surface area contributed by atoms with Gasteiger partial charge in [-0.3, -0.25) is 5.43 Å². The molecule has 2 aromatic carbocycles. The van der Waals surface area contributed by atoms with Crippen molar-refractivity contribution < 1.29 is 8.78 Å². The Morgan fingerprint density at radius 3 is 2.50 bits per heavy atom. The molecule has 0 aromatic heterocycles. The minimum absolute atomic E-state index is 0.517. The van der Waals surface area contributed by atoms with E-state index in [2.05, 4.69) is 10.5 Å². The molecule has 104 valence electrons. The van der Waals surface area contributed by atoms with Crippen LogP contribution < -0.4 is 5.43 Å². The number of hydrogen-bond acceptors (Lipinski definition) is 2. The SMILES string of the molecule is C/C(=N\Nc1ccc(Cl)cc1C)c1ccc(F)c(F)c1. The Kier molecular flexibility index (Phi) is 4.35. The number of hydrogen-bond donors (Lipinski definition) is 1. The molecule has 20 heavy (non-hydrogen) atoms. The van der Waals surface area contributed by atoms with E-state index in [0.29, 0.717) is 16.3 Å². The van der Waals surface area contributed by atoms with E-state index >= 15 is 0 Å². The highest BCUT2D eigenvalue weighted by Crippen LogP contribution is 2.19. The third-order valence-corrected chi connectivity index (χ3v) is 3.10. The fourth-order valence-electron chi connectivity index (χ4n) is 1.68. The summed E-state index contributed by atoms with van der Waals surface area (Å²) in [5, 5.41) is 4.81. The van der Waals surface area contributed by atoms with E-state index in [4.69, 9.17) is 11.6 Å². The van der Waals surface area contributed by atoms with E-state index in [1.54, 1.807) is 19.1 Å². The molecular formula is C15H13ClF2N2. The van der Waals surface area contributed by atoms with Crippen molar-refractivity contribution in [1.82, 2.24) is 0 Å². The molecule has 0 aliphatic rings. The lowest BCUT2D eigenvalue weighted by Crippen LogP contribution is -2.01. The molecule has 2 nitrogen and oxygen atoms in total. The number of aryl methyl sites for hydroxylation is 1. The minimum Gasteiger partial charge on any atom is -0.278 e. The van der Waals surface area contributed by atoms with Gasteiger partial charge in [-0.05, 0) is 55.8 Å². The van der Waals surface area contributed by atoms with Crippen LogP contribution in [0, 0.1) is 18.6 Å². The van der Waals surface area contributed by atoms with Crippen molar-refractivity contribution in [3.63, 3.8) is 0 Å². The minimum atomic E-state index is -0.889. The van der Waals surface area contributed by atoms with Gasteiger partial charge in [-0.25, -0.2) is 8.78 Å². The van der Waals surface area contributed by atoms with Gasteiger partial charge < -0.3 is 0 Å². The van der Waals surface area contributed by atoms with Crippen LogP contribution in [0.3, 0.4) is 0 Å². The molecule has 0 atom stereocenters. The molecule has 2 rings (SSSR count). The summed E-state index contributed by atoms with van der Waals surface area (Å²) in [6, 6.07) is 9.04. The van der Waals surface area contributed by atoms with Crippen LogP contribution in [0.4, 0.5) is 14.5 Å². The van der Waals surface area contributed by atoms with Crippen LogP contribution >= 0.6 is 11.6 Å². The zero-order valence-corrected chi connectivity index (χ0v) is 11.8. The number of rotatable bonds is 3. The summed E-state index contributed by atoms with van der Waals surface area (Å²) >= 11 is 5.87. The molecule has 0 amide bonds. The molecule has 0 bridgehead atoms. The van der Waals surface area contributed by atoms with Gasteiger partial charge in [-0.1, -0.05) is 11.6 Å². The van der Waals surface area contributed by atoms with Gasteiger partial charge >= 0.3 is 0 Å². The van der Waals surface area contributed by atoms with Gasteiger partial charge in [0.2, 0.25) is 0 Å². The van der Waals surface area contributed by atoms with Crippen LogP contribution in [0.2, 0.25) is 5.02 Å². The van der Waals surface area contributed by atoms with Crippen LogP contribution in [-0.4, -0.2) is 5.71 Å². The van der Waals surface area contributed by atoms with Gasteiger partial charge in [0.05, 0.1) is 11.4 Å². The maximum absolute atomic E-state index is 13.1. The zero-order chi connectivity index (χ0) is 14.7. The largest absolute Gasteiger partial charge is 0.278 e. The molecular weight excluding hydrogens is 282 g/mol. The second-order valence-corrected chi connectivity index (χ2v) is 4.83. The van der Waals surface area contributed by atoms with Crippen LogP contribution in [0.1, 0.15) is 18.1 Å². The quantitative estimate of drug-likeness (QED) is 0.640. The summed E-state index contributed by atoms with van der Waals surface area (Å²) in [6.07, 6.45) is 0. The molecule has 0 heterocycles. The third kappa shape index (κ3) is 3.33. The highest BCUT2D eigenvalue weighted by atomic mass is 35.5. The van der Waals surface area contributed by atoms with E-state index in [-0.39, 0.29) is 0 Å². The summed E-state index contributed by atoms with van der Waals surface area (Å²) in [4.78, 5) is 0. The topological polar surface area (TPSA) is 24.4 Å². The van der Waals surface area contributed by atoms with Crippen LogP contribution in [-0.2, 0) is 0 Å². The van der Waals surface area contributed by atoms with Gasteiger partial charge in [0.25, 0.3) is 0 Å². The van der Waals surface area contributed by atoms with Gasteiger partial charge in [0.1, 0.15) is 0 Å². The van der Waals surface area contributed by atoms with Gasteiger partial charge in [0.15, 0.2) is 11.6 Å². The molecule has 0 spiro atoms. The molecule has 0 radical (unpaired) electrons. The van der Waals surface area contributed by atoms with E-state index in [1.165, 1.54) is 6.07 Å². The number of anilines is 1. The molecule has 0 saturated carbocycles. The lowest BCUT2D eigenvalue weighted by molar-refractivity contribution is 0.508. The summed E-state index contributed by atoms with van der Waals surface area (Å²) in [5.74, 6) is -1.76. The number of halogens is 3. The summed E-state index contributed by atoms with van der Waals surface area (Å²) in [6.45, 7) is 3.61. The lowest BCUT2D eigenvalue weighted by Gasteiger charge is -2.07. The first kappa shape index (κ1) is 14.5. The predicted octanol–water partition coefficient (Wildman–Crippen LogP) is 4.76. The Labute approximate surface area is 121 Å². The molecule has 5 heteroatoms. The van der Waals surface area contributed by atoms with E-state index in [0.717, 1.165) is 23.4 Å². The van der Waals surface area contributed by atoms with Crippen LogP contribution in [0.25, 0.3) is 0 Å². The van der Waals surface area contributed by atoms with E-state index in [1.807, 2.05) is 13.0 Å². The average molecular weight is 295 g/mol. The molecule has 1 N–H and O–H groups in total. The van der Waals surface area contributed by atoms with Crippen molar-refractivity contribution in [2.45, 2.75) is 13.8 Å². The smallest absolute Gasteiger partial charge is 0.159 e. The molecule has 0 saturated heterocycles. The molecule has 0 aliphatic heterocycles. The van der Waals surface area contributed by atoms with Crippen LogP contribution in [0.5, 0.6) is 0 Å². The second-order valence-electron chi connectivity index (χ2n) is 4.40. The van der Waals surface area contributed by atoms with Gasteiger partial charge in [-0.2, -0.15) is 5.10 Å². The normalized spacial score (nSPS) is 11.6. The Bertz CT molecular complexity index is 669. The van der Waals surface area contributed by atoms with Crippen molar-refractivity contribution in [1.29, 1.82) is 0 Å². The maximum Gasteiger partial charge on any atom is 0.159 e. The lowest BCUT2D eigenvalue weighted by atomic mass is 10.1. The first-order valence-corrected chi connectivity index (χ1v) is 6.37. The van der Waals surface area contributed by atoms with Crippen molar-refractivity contribution in [2.24, 2.45) is 5.10 Å².